The Morgan fingerprint density at radius 2 is 0.812 bits per heavy atom. The lowest BCUT2D eigenvalue weighted by molar-refractivity contribution is 0.456. The van der Waals surface area contributed by atoms with Gasteiger partial charge in [0.25, 0.3) is 0 Å². The first-order valence-electron chi connectivity index (χ1n) is 7.43. The molecule has 1 saturated carbocycles. The second-order valence-corrected chi connectivity index (χ2v) is 6.97. The Labute approximate surface area is 108 Å². The number of thiol groups is 1. The van der Waals surface area contributed by atoms with Crippen LogP contribution in [0.5, 0.6) is 0 Å². The van der Waals surface area contributed by atoms with Gasteiger partial charge in [-0.3, -0.25) is 0 Å². The maximum Gasteiger partial charge on any atom is 0.0101 e. The van der Waals surface area contributed by atoms with Crippen LogP contribution in [0.15, 0.2) is 0 Å². The fourth-order valence-electron chi connectivity index (χ4n) is 2.73. The van der Waals surface area contributed by atoms with Gasteiger partial charge >= 0.3 is 0 Å². The highest BCUT2D eigenvalue weighted by atomic mass is 32.1. The van der Waals surface area contributed by atoms with Crippen molar-refractivity contribution in [2.24, 2.45) is 0 Å². The van der Waals surface area contributed by atoms with Crippen LogP contribution in [0.4, 0.5) is 0 Å². The summed E-state index contributed by atoms with van der Waals surface area (Å²) in [4.78, 5) is 0. The molecule has 1 rings (SSSR count). The van der Waals surface area contributed by atoms with Crippen molar-refractivity contribution >= 4 is 12.6 Å². The van der Waals surface area contributed by atoms with Gasteiger partial charge in [-0.15, -0.1) is 0 Å². The van der Waals surface area contributed by atoms with E-state index < -0.39 is 0 Å². The standard InChI is InChI=1S/C15H30S/c1-15(16)13-11-9-7-5-3-2-4-6-8-10-12-14-15/h16H,2-14H2,1H3. The van der Waals surface area contributed by atoms with Gasteiger partial charge in [0.05, 0.1) is 0 Å². The molecule has 0 spiro atoms. The molecular formula is C15H30S. The van der Waals surface area contributed by atoms with Gasteiger partial charge in [0, 0.05) is 4.75 Å². The zero-order valence-electron chi connectivity index (χ0n) is 11.1. The predicted molar refractivity (Wildman–Crippen MR) is 77.4 cm³/mol. The maximum atomic E-state index is 4.83. The van der Waals surface area contributed by atoms with Crippen LogP contribution in [0, 0.1) is 0 Å². The van der Waals surface area contributed by atoms with Crippen LogP contribution in [-0.4, -0.2) is 4.75 Å². The highest BCUT2D eigenvalue weighted by molar-refractivity contribution is 7.81. The monoisotopic (exact) mass is 242 g/mol. The lowest BCUT2D eigenvalue weighted by Gasteiger charge is -2.23. The summed E-state index contributed by atoms with van der Waals surface area (Å²) in [5.41, 5.74) is 0. The number of hydrogen-bond acceptors (Lipinski definition) is 1. The van der Waals surface area contributed by atoms with Crippen LogP contribution in [0.25, 0.3) is 0 Å². The van der Waals surface area contributed by atoms with Crippen molar-refractivity contribution in [1.82, 2.24) is 0 Å². The lowest BCUT2D eigenvalue weighted by Crippen LogP contribution is -2.16. The first-order chi connectivity index (χ1) is 7.71. The normalized spacial score (nSPS) is 25.9. The molecule has 0 N–H and O–H groups in total. The molecule has 0 aliphatic heterocycles. The Balaban J connectivity index is 2.22. The minimum Gasteiger partial charge on any atom is -0.173 e. The Morgan fingerprint density at radius 1 is 0.562 bits per heavy atom. The van der Waals surface area contributed by atoms with E-state index in [0.717, 1.165) is 0 Å². The topological polar surface area (TPSA) is 0 Å². The molecule has 96 valence electrons. The molecule has 1 aliphatic rings. The molecule has 0 bridgehead atoms. The minimum atomic E-state index is 0.310. The van der Waals surface area contributed by atoms with Crippen molar-refractivity contribution in [2.45, 2.75) is 95.1 Å². The number of rotatable bonds is 0. The molecule has 0 heterocycles. The van der Waals surface area contributed by atoms with E-state index in [2.05, 4.69) is 6.92 Å². The maximum absolute atomic E-state index is 4.83. The third kappa shape index (κ3) is 7.60. The summed E-state index contributed by atoms with van der Waals surface area (Å²) in [7, 11) is 0. The van der Waals surface area contributed by atoms with E-state index in [0.29, 0.717) is 4.75 Å². The minimum absolute atomic E-state index is 0.310. The fourth-order valence-corrected chi connectivity index (χ4v) is 3.04. The van der Waals surface area contributed by atoms with Crippen LogP contribution in [0.3, 0.4) is 0 Å². The van der Waals surface area contributed by atoms with Crippen LogP contribution >= 0.6 is 12.6 Å². The average Bonchev–Trinajstić information content (AvgIpc) is 2.24. The van der Waals surface area contributed by atoms with Gasteiger partial charge in [-0.05, 0) is 12.8 Å². The molecule has 1 fully saturated rings. The summed E-state index contributed by atoms with van der Waals surface area (Å²) < 4.78 is 0.310. The van der Waals surface area contributed by atoms with Gasteiger partial charge in [0.2, 0.25) is 0 Å². The van der Waals surface area contributed by atoms with E-state index >= 15 is 0 Å². The van der Waals surface area contributed by atoms with E-state index in [-0.39, 0.29) is 0 Å². The van der Waals surface area contributed by atoms with Crippen molar-refractivity contribution in [2.75, 3.05) is 0 Å². The predicted octanol–water partition coefficient (Wildman–Crippen LogP) is 5.76. The van der Waals surface area contributed by atoms with Crippen LogP contribution < -0.4 is 0 Å². The molecule has 0 amide bonds. The van der Waals surface area contributed by atoms with Crippen molar-refractivity contribution in [1.29, 1.82) is 0 Å². The molecular weight excluding hydrogens is 212 g/mol. The molecule has 0 aromatic heterocycles. The van der Waals surface area contributed by atoms with E-state index in [4.69, 9.17) is 12.6 Å². The molecule has 0 radical (unpaired) electrons. The summed E-state index contributed by atoms with van der Waals surface area (Å²) in [6.07, 6.45) is 18.5. The van der Waals surface area contributed by atoms with E-state index in [9.17, 15) is 0 Å². The SMILES string of the molecule is CC1(S)CCCCCCCCCCCCC1. The van der Waals surface area contributed by atoms with Gasteiger partial charge < -0.3 is 0 Å². The van der Waals surface area contributed by atoms with Gasteiger partial charge in [-0.25, -0.2) is 0 Å². The molecule has 0 unspecified atom stereocenters. The summed E-state index contributed by atoms with van der Waals surface area (Å²) in [5, 5.41) is 0. The average molecular weight is 242 g/mol. The molecule has 0 atom stereocenters. The van der Waals surface area contributed by atoms with Crippen molar-refractivity contribution in [3.8, 4) is 0 Å². The van der Waals surface area contributed by atoms with Crippen molar-refractivity contribution < 1.29 is 0 Å². The third-order valence-corrected chi connectivity index (χ3v) is 4.38. The molecule has 0 saturated heterocycles. The van der Waals surface area contributed by atoms with Gasteiger partial charge in [0.1, 0.15) is 0 Å². The summed E-state index contributed by atoms with van der Waals surface area (Å²) in [6.45, 7) is 2.34. The van der Waals surface area contributed by atoms with E-state index in [1.807, 2.05) is 0 Å². The van der Waals surface area contributed by atoms with Gasteiger partial charge in [0.15, 0.2) is 0 Å². The molecule has 16 heavy (non-hydrogen) atoms. The second kappa shape index (κ2) is 8.44. The number of hydrogen-bond donors (Lipinski definition) is 1. The Kier molecular flexibility index (Phi) is 7.60. The molecule has 0 aromatic rings. The Morgan fingerprint density at radius 3 is 1.12 bits per heavy atom. The lowest BCUT2D eigenvalue weighted by atomic mass is 9.94. The zero-order chi connectivity index (χ0) is 11.7. The summed E-state index contributed by atoms with van der Waals surface area (Å²) >= 11 is 4.83. The molecule has 0 aromatic carbocycles. The highest BCUT2D eigenvalue weighted by Gasteiger charge is 2.17. The first kappa shape index (κ1) is 14.4. The third-order valence-electron chi connectivity index (χ3n) is 3.93. The van der Waals surface area contributed by atoms with Crippen molar-refractivity contribution in [3.05, 3.63) is 0 Å². The Bertz CT molecular complexity index is 147. The van der Waals surface area contributed by atoms with Gasteiger partial charge in [-0.1, -0.05) is 77.6 Å². The van der Waals surface area contributed by atoms with Crippen LogP contribution in [0.2, 0.25) is 0 Å². The van der Waals surface area contributed by atoms with Crippen LogP contribution in [0.1, 0.15) is 90.4 Å². The van der Waals surface area contributed by atoms with E-state index in [1.54, 1.807) is 0 Å². The molecule has 1 aliphatic carbocycles. The van der Waals surface area contributed by atoms with Crippen LogP contribution in [-0.2, 0) is 0 Å². The summed E-state index contributed by atoms with van der Waals surface area (Å²) in [5.74, 6) is 0. The molecule has 1 heteroatoms. The fraction of sp³-hybridized carbons (Fsp3) is 1.00. The van der Waals surface area contributed by atoms with E-state index in [1.165, 1.54) is 83.5 Å². The molecule has 0 nitrogen and oxygen atoms in total. The quantitative estimate of drug-likeness (QED) is 0.513. The van der Waals surface area contributed by atoms with Crippen molar-refractivity contribution in [3.63, 3.8) is 0 Å². The highest BCUT2D eigenvalue weighted by Crippen LogP contribution is 2.29. The Hall–Kier alpha value is 0.350. The largest absolute Gasteiger partial charge is 0.173 e. The summed E-state index contributed by atoms with van der Waals surface area (Å²) in [6, 6.07) is 0. The smallest absolute Gasteiger partial charge is 0.0101 e. The van der Waals surface area contributed by atoms with Gasteiger partial charge in [-0.2, -0.15) is 12.6 Å². The zero-order valence-corrected chi connectivity index (χ0v) is 12.0. The second-order valence-electron chi connectivity index (χ2n) is 5.89. The first-order valence-corrected chi connectivity index (χ1v) is 7.88.